The van der Waals surface area contributed by atoms with E-state index in [9.17, 15) is 0 Å². The Balaban J connectivity index is 1.91. The van der Waals surface area contributed by atoms with Crippen LogP contribution >= 0.6 is 15.9 Å². The highest BCUT2D eigenvalue weighted by Gasteiger charge is 2.20. The van der Waals surface area contributed by atoms with Crippen LogP contribution in [-0.2, 0) is 6.54 Å². The molecular weight excluding hydrogens is 290 g/mol. The van der Waals surface area contributed by atoms with Crippen LogP contribution in [0.1, 0.15) is 24.0 Å². The van der Waals surface area contributed by atoms with Gasteiger partial charge < -0.3 is 5.32 Å². The number of rotatable bonds is 4. The Hall–Kier alpha value is -1.13. The van der Waals surface area contributed by atoms with Crippen molar-refractivity contribution < 1.29 is 0 Å². The van der Waals surface area contributed by atoms with Crippen molar-refractivity contribution in [3.63, 3.8) is 0 Å². The summed E-state index contributed by atoms with van der Waals surface area (Å²) in [5.41, 5.74) is 3.74. The molecule has 0 amide bonds. The molecule has 3 nitrogen and oxygen atoms in total. The summed E-state index contributed by atoms with van der Waals surface area (Å²) in [6, 6.07) is 7.23. The summed E-state index contributed by atoms with van der Waals surface area (Å²) >= 11 is 3.44. The molecule has 0 saturated heterocycles. The third-order valence-electron chi connectivity index (χ3n) is 3.19. The molecule has 1 aliphatic carbocycles. The van der Waals surface area contributed by atoms with E-state index in [4.69, 9.17) is 0 Å². The van der Waals surface area contributed by atoms with Gasteiger partial charge in [0.25, 0.3) is 0 Å². The Kier molecular flexibility index (Phi) is 3.22. The minimum absolute atomic E-state index is 0.725. The van der Waals surface area contributed by atoms with Gasteiger partial charge >= 0.3 is 0 Å². The highest BCUT2D eigenvalue weighted by Crippen LogP contribution is 2.22. The van der Waals surface area contributed by atoms with Gasteiger partial charge in [0, 0.05) is 18.8 Å². The Labute approximate surface area is 115 Å². The number of nitrogens with one attached hydrogen (secondary N) is 1. The number of hydrogen-bond donors (Lipinski definition) is 1. The van der Waals surface area contributed by atoms with Gasteiger partial charge in [0.15, 0.2) is 0 Å². The zero-order chi connectivity index (χ0) is 12.5. The third kappa shape index (κ3) is 2.65. The number of nitrogens with zero attached hydrogens (tertiary/aromatic N) is 2. The Morgan fingerprint density at radius 3 is 2.94 bits per heavy atom. The predicted octanol–water partition coefficient (Wildman–Crippen LogP) is 3.20. The van der Waals surface area contributed by atoms with E-state index in [2.05, 4.69) is 51.5 Å². The molecule has 2 aromatic rings. The highest BCUT2D eigenvalue weighted by molar-refractivity contribution is 9.10. The Bertz CT molecular complexity index is 558. The molecule has 1 saturated carbocycles. The predicted molar refractivity (Wildman–Crippen MR) is 75.9 cm³/mol. The number of halogens is 1. The molecule has 0 aliphatic heterocycles. The highest BCUT2D eigenvalue weighted by atomic mass is 79.9. The number of aryl methyl sites for hydroxylation is 1. The molecular formula is C14H16BrN3. The molecule has 18 heavy (non-hydrogen) atoms. The summed E-state index contributed by atoms with van der Waals surface area (Å²) in [4.78, 5) is 0. The molecule has 0 spiro atoms. The first-order valence-corrected chi connectivity index (χ1v) is 7.05. The van der Waals surface area contributed by atoms with Crippen molar-refractivity contribution in [3.8, 4) is 5.69 Å². The number of benzene rings is 1. The first-order valence-electron chi connectivity index (χ1n) is 6.26. The minimum Gasteiger partial charge on any atom is -0.310 e. The summed E-state index contributed by atoms with van der Waals surface area (Å²) in [7, 11) is 0. The van der Waals surface area contributed by atoms with Gasteiger partial charge in [-0.2, -0.15) is 5.10 Å². The van der Waals surface area contributed by atoms with Gasteiger partial charge in [-0.1, -0.05) is 17.7 Å². The lowest BCUT2D eigenvalue weighted by Crippen LogP contribution is -2.17. The Morgan fingerprint density at radius 1 is 1.44 bits per heavy atom. The number of aromatic nitrogens is 2. The summed E-state index contributed by atoms with van der Waals surface area (Å²) in [6.45, 7) is 3.04. The molecule has 0 bridgehead atoms. The third-order valence-corrected chi connectivity index (χ3v) is 3.60. The average molecular weight is 306 g/mol. The molecule has 4 heteroatoms. The monoisotopic (exact) mass is 305 g/mol. The number of hydrogen-bond acceptors (Lipinski definition) is 2. The first kappa shape index (κ1) is 11.9. The molecule has 0 atom stereocenters. The summed E-state index contributed by atoms with van der Waals surface area (Å²) in [5.74, 6) is 0. The van der Waals surface area contributed by atoms with E-state index in [-0.39, 0.29) is 0 Å². The van der Waals surface area contributed by atoms with E-state index >= 15 is 0 Å². The van der Waals surface area contributed by atoms with Crippen LogP contribution in [0.25, 0.3) is 5.69 Å². The molecule has 1 aliphatic rings. The molecule has 1 fully saturated rings. The zero-order valence-electron chi connectivity index (χ0n) is 10.4. The fourth-order valence-electron chi connectivity index (χ4n) is 2.05. The van der Waals surface area contributed by atoms with Crippen LogP contribution in [0.4, 0.5) is 0 Å². The van der Waals surface area contributed by atoms with Gasteiger partial charge in [-0.3, -0.25) is 0 Å². The lowest BCUT2D eigenvalue weighted by Gasteiger charge is -2.11. The normalized spacial score (nSPS) is 15.0. The summed E-state index contributed by atoms with van der Waals surface area (Å²) in [6.07, 6.45) is 6.44. The maximum absolute atomic E-state index is 4.36. The maximum atomic E-state index is 4.36. The smallest absolute Gasteiger partial charge is 0.0691 e. The van der Waals surface area contributed by atoms with Crippen LogP contribution in [0.5, 0.6) is 0 Å². The maximum Gasteiger partial charge on any atom is 0.0691 e. The van der Waals surface area contributed by atoms with E-state index < -0.39 is 0 Å². The van der Waals surface area contributed by atoms with Crippen LogP contribution in [0, 0.1) is 6.92 Å². The van der Waals surface area contributed by atoms with Crippen molar-refractivity contribution in [2.75, 3.05) is 0 Å². The van der Waals surface area contributed by atoms with Gasteiger partial charge in [0.05, 0.1) is 16.4 Å². The van der Waals surface area contributed by atoms with Crippen molar-refractivity contribution in [2.24, 2.45) is 0 Å². The quantitative estimate of drug-likeness (QED) is 0.940. The van der Waals surface area contributed by atoms with Crippen LogP contribution in [0.3, 0.4) is 0 Å². The molecule has 94 valence electrons. The van der Waals surface area contributed by atoms with Gasteiger partial charge in [-0.05, 0) is 47.3 Å². The molecule has 3 rings (SSSR count). The van der Waals surface area contributed by atoms with Crippen molar-refractivity contribution in [1.29, 1.82) is 0 Å². The van der Waals surface area contributed by atoms with Crippen molar-refractivity contribution >= 4 is 15.9 Å². The van der Waals surface area contributed by atoms with E-state index in [1.165, 1.54) is 24.0 Å². The van der Waals surface area contributed by atoms with Gasteiger partial charge in [0.2, 0.25) is 0 Å². The van der Waals surface area contributed by atoms with Crippen molar-refractivity contribution in [2.45, 2.75) is 32.4 Å². The van der Waals surface area contributed by atoms with Crippen LogP contribution < -0.4 is 5.32 Å². The van der Waals surface area contributed by atoms with Gasteiger partial charge in [0.1, 0.15) is 0 Å². The van der Waals surface area contributed by atoms with Crippen LogP contribution in [0.2, 0.25) is 0 Å². The van der Waals surface area contributed by atoms with Gasteiger partial charge in [-0.15, -0.1) is 0 Å². The van der Waals surface area contributed by atoms with Crippen molar-refractivity contribution in [1.82, 2.24) is 15.1 Å². The second-order valence-electron chi connectivity index (χ2n) is 4.89. The van der Waals surface area contributed by atoms with E-state index in [0.717, 1.165) is 22.7 Å². The fraction of sp³-hybridized carbons (Fsp3) is 0.357. The van der Waals surface area contributed by atoms with E-state index in [1.807, 2.05) is 17.1 Å². The fourth-order valence-corrected chi connectivity index (χ4v) is 2.34. The molecule has 0 radical (unpaired) electrons. The molecule has 1 heterocycles. The largest absolute Gasteiger partial charge is 0.310 e. The topological polar surface area (TPSA) is 29.9 Å². The second kappa shape index (κ2) is 4.86. The zero-order valence-corrected chi connectivity index (χ0v) is 11.9. The van der Waals surface area contributed by atoms with Crippen molar-refractivity contribution in [3.05, 3.63) is 46.2 Å². The van der Waals surface area contributed by atoms with Crippen LogP contribution in [0.15, 0.2) is 35.1 Å². The summed E-state index contributed by atoms with van der Waals surface area (Å²) < 4.78 is 2.93. The molecule has 1 aromatic carbocycles. The van der Waals surface area contributed by atoms with E-state index in [0.29, 0.717) is 0 Å². The minimum atomic E-state index is 0.725. The van der Waals surface area contributed by atoms with Gasteiger partial charge in [-0.25, -0.2) is 4.68 Å². The lowest BCUT2D eigenvalue weighted by atomic mass is 10.1. The first-order chi connectivity index (χ1) is 8.72. The van der Waals surface area contributed by atoms with Crippen LogP contribution in [-0.4, -0.2) is 15.8 Å². The van der Waals surface area contributed by atoms with E-state index in [1.54, 1.807) is 0 Å². The molecule has 1 N–H and O–H groups in total. The Morgan fingerprint density at radius 2 is 2.28 bits per heavy atom. The average Bonchev–Trinajstić information content (AvgIpc) is 3.08. The second-order valence-corrected chi connectivity index (χ2v) is 5.81. The molecule has 0 unspecified atom stereocenters. The molecule has 1 aromatic heterocycles. The SMILES string of the molecule is Cc1ccc(-n2cc(Br)cn2)c(CNC2CC2)c1. The standard InChI is InChI=1S/C14H16BrN3/c1-10-2-5-14(18-9-12(15)8-17-18)11(6-10)7-16-13-3-4-13/h2,5-6,8-9,13,16H,3-4,7H2,1H3. The summed E-state index contributed by atoms with van der Waals surface area (Å²) in [5, 5.41) is 7.93. The lowest BCUT2D eigenvalue weighted by molar-refractivity contribution is 0.681.